The molecule has 35 heavy (non-hydrogen) atoms. The summed E-state index contributed by atoms with van der Waals surface area (Å²) in [5, 5.41) is 13.5. The van der Waals surface area contributed by atoms with Crippen LogP contribution in [0.5, 0.6) is 5.75 Å². The van der Waals surface area contributed by atoms with Crippen LogP contribution in [0.4, 0.5) is 0 Å². The molecule has 5 rings (SSSR count). The van der Waals surface area contributed by atoms with Crippen LogP contribution in [0.2, 0.25) is 0 Å². The summed E-state index contributed by atoms with van der Waals surface area (Å²) in [5.41, 5.74) is 4.03. The zero-order valence-corrected chi connectivity index (χ0v) is 20.5. The van der Waals surface area contributed by atoms with Gasteiger partial charge in [-0.05, 0) is 65.3 Å². The van der Waals surface area contributed by atoms with Crippen LogP contribution in [0.1, 0.15) is 64.6 Å². The van der Waals surface area contributed by atoms with E-state index in [0.717, 1.165) is 17.5 Å². The fourth-order valence-electron chi connectivity index (χ4n) is 5.98. The van der Waals surface area contributed by atoms with Gasteiger partial charge in [0, 0.05) is 35.7 Å². The van der Waals surface area contributed by atoms with Gasteiger partial charge in [-0.2, -0.15) is 0 Å². The van der Waals surface area contributed by atoms with E-state index < -0.39 is 0 Å². The molecule has 1 aliphatic heterocycles. The van der Waals surface area contributed by atoms with Crippen molar-refractivity contribution >= 4 is 11.8 Å². The van der Waals surface area contributed by atoms with Crippen LogP contribution in [0, 0.1) is 5.41 Å². The third-order valence-electron chi connectivity index (χ3n) is 8.58. The Morgan fingerprint density at radius 1 is 0.943 bits per heavy atom. The molecule has 1 saturated heterocycles. The Bertz CT molecular complexity index is 1270. The third-order valence-corrected chi connectivity index (χ3v) is 8.58. The van der Waals surface area contributed by atoms with E-state index in [9.17, 15) is 14.7 Å². The lowest BCUT2D eigenvalue weighted by molar-refractivity contribution is -0.0266. The Balaban J connectivity index is 1.35. The van der Waals surface area contributed by atoms with Gasteiger partial charge < -0.3 is 15.3 Å². The molecule has 3 aromatic carbocycles. The number of phenols is 1. The average molecular weight is 469 g/mol. The number of nitrogens with zero attached hydrogens (tertiary/aromatic N) is 1. The normalized spacial score (nSPS) is 22.3. The van der Waals surface area contributed by atoms with Crippen molar-refractivity contribution in [3.05, 3.63) is 101 Å². The van der Waals surface area contributed by atoms with Crippen molar-refractivity contribution in [1.82, 2.24) is 10.2 Å². The van der Waals surface area contributed by atoms with Gasteiger partial charge in [0.2, 0.25) is 0 Å². The standard InChI is InChI=1S/C30H32N2O3/c1-29(2)26-18-23-24(10-7-11-25(23)33)30(29,3)16-17-32(26)28(35)22-14-12-21(13-15-22)27(34)31-19-20-8-5-4-6-9-20/h4-15,26,33H,16-19H2,1-3H3,(H,31,34)/t26-,30+/m1/s1. The predicted octanol–water partition coefficient (Wildman–Crippen LogP) is 5.08. The molecule has 2 aliphatic rings. The highest BCUT2D eigenvalue weighted by molar-refractivity contribution is 5.98. The number of benzene rings is 3. The number of phenolic OH excluding ortho intramolecular Hbond substituents is 1. The molecule has 0 saturated carbocycles. The van der Waals surface area contributed by atoms with Gasteiger partial charge in [0.15, 0.2) is 0 Å². The first-order valence-electron chi connectivity index (χ1n) is 12.3. The minimum absolute atomic E-state index is 0.0246. The molecule has 180 valence electrons. The van der Waals surface area contributed by atoms with Crippen LogP contribution in [0.25, 0.3) is 0 Å². The van der Waals surface area contributed by atoms with Gasteiger partial charge >= 0.3 is 0 Å². The van der Waals surface area contributed by atoms with E-state index >= 15 is 0 Å². The molecule has 0 unspecified atom stereocenters. The molecule has 5 heteroatoms. The molecule has 1 fully saturated rings. The molecule has 2 atom stereocenters. The number of rotatable bonds is 4. The van der Waals surface area contributed by atoms with E-state index in [1.165, 1.54) is 5.56 Å². The highest BCUT2D eigenvalue weighted by atomic mass is 16.3. The Hall–Kier alpha value is -3.60. The molecule has 3 aromatic rings. The van der Waals surface area contributed by atoms with Gasteiger partial charge in [0.25, 0.3) is 11.8 Å². The number of nitrogens with one attached hydrogen (secondary N) is 1. The lowest BCUT2D eigenvalue weighted by Gasteiger charge is -2.60. The molecular formula is C30H32N2O3. The summed E-state index contributed by atoms with van der Waals surface area (Å²) in [4.78, 5) is 28.2. The Morgan fingerprint density at radius 2 is 1.63 bits per heavy atom. The smallest absolute Gasteiger partial charge is 0.254 e. The van der Waals surface area contributed by atoms with E-state index in [0.29, 0.717) is 36.4 Å². The van der Waals surface area contributed by atoms with Crippen molar-refractivity contribution in [2.24, 2.45) is 5.41 Å². The summed E-state index contributed by atoms with van der Waals surface area (Å²) in [6, 6.07) is 22.5. The molecule has 0 spiro atoms. The van der Waals surface area contributed by atoms with Crippen LogP contribution in [0.3, 0.4) is 0 Å². The summed E-state index contributed by atoms with van der Waals surface area (Å²) < 4.78 is 0. The lowest BCUT2D eigenvalue weighted by atomic mass is 9.51. The van der Waals surface area contributed by atoms with Crippen LogP contribution < -0.4 is 5.32 Å². The number of piperidine rings is 1. The lowest BCUT2D eigenvalue weighted by Crippen LogP contribution is -2.64. The summed E-state index contributed by atoms with van der Waals surface area (Å²) in [5.74, 6) is 0.122. The fraction of sp³-hybridized carbons (Fsp3) is 0.333. The van der Waals surface area contributed by atoms with Crippen molar-refractivity contribution in [1.29, 1.82) is 0 Å². The molecular weight excluding hydrogens is 436 g/mol. The SMILES string of the molecule is CC1(C)[C@H]2Cc3c(O)cccc3[C@]1(C)CCN2C(=O)c1ccc(C(=O)NCc2ccccc2)cc1. The second-order valence-corrected chi connectivity index (χ2v) is 10.6. The van der Waals surface area contributed by atoms with Crippen LogP contribution in [0.15, 0.2) is 72.8 Å². The van der Waals surface area contributed by atoms with Gasteiger partial charge in [-0.15, -0.1) is 0 Å². The minimum Gasteiger partial charge on any atom is -0.508 e. The van der Waals surface area contributed by atoms with Crippen LogP contribution in [-0.4, -0.2) is 34.4 Å². The topological polar surface area (TPSA) is 69.6 Å². The number of likely N-dealkylation sites (tertiary alicyclic amines) is 1. The van der Waals surface area contributed by atoms with Gasteiger partial charge in [-0.3, -0.25) is 9.59 Å². The Labute approximate surface area is 206 Å². The molecule has 2 bridgehead atoms. The van der Waals surface area contributed by atoms with E-state index in [1.54, 1.807) is 30.3 Å². The molecule has 2 amide bonds. The number of hydrogen-bond acceptors (Lipinski definition) is 3. The highest BCUT2D eigenvalue weighted by Gasteiger charge is 2.57. The first-order valence-corrected chi connectivity index (χ1v) is 12.3. The molecule has 2 N–H and O–H groups in total. The summed E-state index contributed by atoms with van der Waals surface area (Å²) >= 11 is 0. The van der Waals surface area contributed by atoms with Crippen LogP contribution in [-0.2, 0) is 18.4 Å². The molecule has 0 aromatic heterocycles. The number of fused-ring (bicyclic) bond motifs is 4. The number of carbonyl (C=O) groups excluding carboxylic acids is 2. The van der Waals surface area contributed by atoms with E-state index in [-0.39, 0.29) is 28.7 Å². The largest absolute Gasteiger partial charge is 0.508 e. The summed E-state index contributed by atoms with van der Waals surface area (Å²) in [7, 11) is 0. The minimum atomic E-state index is -0.165. The maximum Gasteiger partial charge on any atom is 0.254 e. The monoisotopic (exact) mass is 468 g/mol. The van der Waals surface area contributed by atoms with Crippen molar-refractivity contribution in [2.45, 2.75) is 51.6 Å². The van der Waals surface area contributed by atoms with E-state index in [4.69, 9.17) is 0 Å². The molecule has 1 aliphatic carbocycles. The van der Waals surface area contributed by atoms with Crippen molar-refractivity contribution in [2.75, 3.05) is 6.54 Å². The number of aromatic hydroxyl groups is 1. The first-order chi connectivity index (χ1) is 16.7. The van der Waals surface area contributed by atoms with Gasteiger partial charge in [-0.25, -0.2) is 0 Å². The zero-order chi connectivity index (χ0) is 24.8. The first kappa shape index (κ1) is 23.2. The average Bonchev–Trinajstić information content (AvgIpc) is 2.85. The number of amides is 2. The molecule has 1 heterocycles. The zero-order valence-electron chi connectivity index (χ0n) is 20.5. The van der Waals surface area contributed by atoms with Gasteiger partial charge in [-0.1, -0.05) is 63.2 Å². The van der Waals surface area contributed by atoms with Crippen molar-refractivity contribution in [3.8, 4) is 5.75 Å². The summed E-state index contributed by atoms with van der Waals surface area (Å²) in [6.45, 7) is 7.87. The van der Waals surface area contributed by atoms with Crippen molar-refractivity contribution < 1.29 is 14.7 Å². The molecule has 5 nitrogen and oxygen atoms in total. The van der Waals surface area contributed by atoms with Gasteiger partial charge in [0.05, 0.1) is 0 Å². The fourth-order valence-corrected chi connectivity index (χ4v) is 5.98. The Kier molecular flexibility index (Phi) is 5.66. The maximum atomic E-state index is 13.6. The highest BCUT2D eigenvalue weighted by Crippen LogP contribution is 2.57. The second-order valence-electron chi connectivity index (χ2n) is 10.6. The molecule has 0 radical (unpaired) electrons. The number of carbonyl (C=O) groups is 2. The van der Waals surface area contributed by atoms with Crippen molar-refractivity contribution in [3.63, 3.8) is 0 Å². The second kappa shape index (κ2) is 8.56. The van der Waals surface area contributed by atoms with E-state index in [2.05, 4.69) is 32.2 Å². The summed E-state index contributed by atoms with van der Waals surface area (Å²) in [6.07, 6.45) is 1.47. The van der Waals surface area contributed by atoms with E-state index in [1.807, 2.05) is 41.3 Å². The number of hydrogen-bond donors (Lipinski definition) is 2. The quantitative estimate of drug-likeness (QED) is 0.561. The maximum absolute atomic E-state index is 13.6. The Morgan fingerprint density at radius 3 is 2.34 bits per heavy atom. The van der Waals surface area contributed by atoms with Crippen LogP contribution >= 0.6 is 0 Å². The predicted molar refractivity (Wildman–Crippen MR) is 136 cm³/mol. The van der Waals surface area contributed by atoms with Gasteiger partial charge in [0.1, 0.15) is 5.75 Å². The third kappa shape index (κ3) is 3.79.